The number of halogens is 1. The summed E-state index contributed by atoms with van der Waals surface area (Å²) in [5.41, 5.74) is 0.916. The number of hydrogen-bond acceptors (Lipinski definition) is 4. The fourth-order valence-electron chi connectivity index (χ4n) is 2.69. The number of hydrogen-bond donors (Lipinski definition) is 1. The Morgan fingerprint density at radius 3 is 2.86 bits per heavy atom. The maximum Gasteiger partial charge on any atom is 0.409 e. The molecule has 5 nitrogen and oxygen atoms in total. The average Bonchev–Trinajstić information content (AvgIpc) is 2.86. The van der Waals surface area contributed by atoms with E-state index in [4.69, 9.17) is 16.3 Å². The molecule has 2 atom stereocenters. The first-order valence-corrected chi connectivity index (χ1v) is 8.57. The Kier molecular flexibility index (Phi) is 5.69. The largest absolute Gasteiger partial charge is 0.453 e. The molecule has 1 N–H and O–H groups in total. The molecule has 0 spiro atoms. The van der Waals surface area contributed by atoms with Crippen molar-refractivity contribution in [1.82, 2.24) is 10.2 Å². The SMILES string of the molecule is COC(=O)N1CCCC(C(C)NC(=O)c2scc(C)c2Cl)C1. The Balaban J connectivity index is 1.96. The van der Waals surface area contributed by atoms with E-state index in [-0.39, 0.29) is 24.0 Å². The number of carbonyl (C=O) groups is 2. The lowest BCUT2D eigenvalue weighted by Crippen LogP contribution is -2.47. The zero-order valence-electron chi connectivity index (χ0n) is 13.0. The van der Waals surface area contributed by atoms with Crippen LogP contribution in [0.2, 0.25) is 5.02 Å². The zero-order chi connectivity index (χ0) is 16.3. The van der Waals surface area contributed by atoms with E-state index in [1.54, 1.807) is 4.90 Å². The number of piperidine rings is 1. The van der Waals surface area contributed by atoms with Gasteiger partial charge in [0.2, 0.25) is 0 Å². The van der Waals surface area contributed by atoms with Gasteiger partial charge in [0, 0.05) is 19.1 Å². The Morgan fingerprint density at radius 1 is 1.55 bits per heavy atom. The summed E-state index contributed by atoms with van der Waals surface area (Å²) >= 11 is 7.49. The summed E-state index contributed by atoms with van der Waals surface area (Å²) in [6.07, 6.45) is 1.59. The van der Waals surface area contributed by atoms with E-state index in [9.17, 15) is 9.59 Å². The number of methoxy groups -OCH3 is 1. The highest BCUT2D eigenvalue weighted by Crippen LogP contribution is 2.27. The van der Waals surface area contributed by atoms with E-state index in [1.165, 1.54) is 18.4 Å². The number of amides is 2. The molecule has 0 saturated carbocycles. The molecule has 1 aliphatic rings. The summed E-state index contributed by atoms with van der Waals surface area (Å²) in [6, 6.07) is -0.0292. The summed E-state index contributed by atoms with van der Waals surface area (Å²) in [7, 11) is 1.39. The minimum atomic E-state index is -0.305. The van der Waals surface area contributed by atoms with Crippen LogP contribution in [-0.4, -0.2) is 43.1 Å². The summed E-state index contributed by atoms with van der Waals surface area (Å²) in [5, 5.41) is 5.41. The summed E-state index contributed by atoms with van der Waals surface area (Å²) in [6.45, 7) is 5.16. The van der Waals surface area contributed by atoms with Crippen LogP contribution in [0.5, 0.6) is 0 Å². The van der Waals surface area contributed by atoms with Crippen LogP contribution < -0.4 is 5.32 Å². The molecule has 0 bridgehead atoms. The molecular weight excluding hydrogens is 324 g/mol. The second-order valence-corrected chi connectivity index (χ2v) is 6.90. The van der Waals surface area contributed by atoms with Crippen LogP contribution in [0.3, 0.4) is 0 Å². The Hall–Kier alpha value is -1.27. The van der Waals surface area contributed by atoms with Crippen LogP contribution in [0.4, 0.5) is 4.79 Å². The molecule has 2 unspecified atom stereocenters. The number of likely N-dealkylation sites (tertiary alicyclic amines) is 1. The van der Waals surface area contributed by atoms with Crippen LogP contribution in [0, 0.1) is 12.8 Å². The van der Waals surface area contributed by atoms with Gasteiger partial charge in [0.25, 0.3) is 5.91 Å². The number of ether oxygens (including phenoxy) is 1. The maximum absolute atomic E-state index is 12.3. The number of aryl methyl sites for hydroxylation is 1. The third kappa shape index (κ3) is 3.73. The molecule has 2 rings (SSSR count). The molecule has 122 valence electrons. The van der Waals surface area contributed by atoms with E-state index < -0.39 is 0 Å². The fourth-order valence-corrected chi connectivity index (χ4v) is 3.87. The standard InChI is InChI=1S/C15H21ClN2O3S/c1-9-8-22-13(12(9)16)14(19)17-10(2)11-5-4-6-18(7-11)15(20)21-3/h8,10-11H,4-7H2,1-3H3,(H,17,19). The molecule has 2 heterocycles. The third-order valence-corrected chi connectivity index (χ3v) is 5.76. The molecule has 1 aromatic rings. The van der Waals surface area contributed by atoms with Crippen molar-refractivity contribution < 1.29 is 14.3 Å². The van der Waals surface area contributed by atoms with Gasteiger partial charge in [-0.15, -0.1) is 11.3 Å². The van der Waals surface area contributed by atoms with Crippen LogP contribution in [0.1, 0.15) is 35.0 Å². The number of thiophene rings is 1. The molecule has 0 radical (unpaired) electrons. The van der Waals surface area contributed by atoms with Gasteiger partial charge in [-0.05, 0) is 43.6 Å². The second-order valence-electron chi connectivity index (χ2n) is 5.64. The van der Waals surface area contributed by atoms with Gasteiger partial charge in [-0.3, -0.25) is 4.79 Å². The summed E-state index contributed by atoms with van der Waals surface area (Å²) < 4.78 is 4.77. The number of nitrogens with zero attached hydrogens (tertiary/aromatic N) is 1. The van der Waals surface area contributed by atoms with Crippen molar-refractivity contribution in [3.8, 4) is 0 Å². The highest BCUT2D eigenvalue weighted by molar-refractivity contribution is 7.13. The molecule has 1 aliphatic heterocycles. The quantitative estimate of drug-likeness (QED) is 0.915. The molecule has 0 aliphatic carbocycles. The Labute approximate surface area is 139 Å². The molecule has 1 fully saturated rings. The average molecular weight is 345 g/mol. The molecule has 0 aromatic carbocycles. The first-order chi connectivity index (χ1) is 10.4. The minimum absolute atomic E-state index is 0.0292. The van der Waals surface area contributed by atoms with Gasteiger partial charge in [-0.25, -0.2) is 4.79 Å². The van der Waals surface area contributed by atoms with Gasteiger partial charge in [-0.2, -0.15) is 0 Å². The molecular formula is C15H21ClN2O3S. The van der Waals surface area contributed by atoms with E-state index in [2.05, 4.69) is 5.32 Å². The molecule has 1 saturated heterocycles. The van der Waals surface area contributed by atoms with Crippen molar-refractivity contribution in [2.24, 2.45) is 5.92 Å². The molecule has 22 heavy (non-hydrogen) atoms. The highest BCUT2D eigenvalue weighted by atomic mass is 35.5. The van der Waals surface area contributed by atoms with Crippen LogP contribution in [0.25, 0.3) is 0 Å². The summed E-state index contributed by atoms with van der Waals surface area (Å²) in [5.74, 6) is 0.0717. The van der Waals surface area contributed by atoms with Crippen molar-refractivity contribution in [1.29, 1.82) is 0 Å². The van der Waals surface area contributed by atoms with Crippen LogP contribution in [-0.2, 0) is 4.74 Å². The van der Waals surface area contributed by atoms with Gasteiger partial charge in [-0.1, -0.05) is 11.6 Å². The van der Waals surface area contributed by atoms with Crippen molar-refractivity contribution in [2.45, 2.75) is 32.7 Å². The van der Waals surface area contributed by atoms with Crippen molar-refractivity contribution in [3.63, 3.8) is 0 Å². The molecule has 7 heteroatoms. The molecule has 1 aromatic heterocycles. The van der Waals surface area contributed by atoms with Crippen molar-refractivity contribution in [2.75, 3.05) is 20.2 Å². The first kappa shape index (κ1) is 17.1. The monoisotopic (exact) mass is 344 g/mol. The lowest BCUT2D eigenvalue weighted by atomic mass is 9.91. The predicted molar refractivity (Wildman–Crippen MR) is 87.7 cm³/mol. The van der Waals surface area contributed by atoms with E-state index in [1.807, 2.05) is 19.2 Å². The topological polar surface area (TPSA) is 58.6 Å². The van der Waals surface area contributed by atoms with Crippen LogP contribution >= 0.6 is 22.9 Å². The van der Waals surface area contributed by atoms with Gasteiger partial charge in [0.1, 0.15) is 4.88 Å². The van der Waals surface area contributed by atoms with Gasteiger partial charge >= 0.3 is 6.09 Å². The first-order valence-electron chi connectivity index (χ1n) is 7.31. The summed E-state index contributed by atoms with van der Waals surface area (Å²) in [4.78, 5) is 26.2. The predicted octanol–water partition coefficient (Wildman–Crippen LogP) is 3.31. The smallest absolute Gasteiger partial charge is 0.409 e. The number of carbonyl (C=O) groups excluding carboxylic acids is 2. The van der Waals surface area contributed by atoms with Gasteiger partial charge in [0.05, 0.1) is 12.1 Å². The number of nitrogens with one attached hydrogen (secondary N) is 1. The second kappa shape index (κ2) is 7.33. The van der Waals surface area contributed by atoms with Crippen molar-refractivity contribution >= 4 is 34.9 Å². The van der Waals surface area contributed by atoms with E-state index in [0.717, 1.165) is 18.4 Å². The maximum atomic E-state index is 12.3. The van der Waals surface area contributed by atoms with Gasteiger partial charge in [0.15, 0.2) is 0 Å². The number of rotatable bonds is 3. The van der Waals surface area contributed by atoms with E-state index in [0.29, 0.717) is 23.0 Å². The lowest BCUT2D eigenvalue weighted by Gasteiger charge is -2.35. The van der Waals surface area contributed by atoms with Crippen molar-refractivity contribution in [3.05, 3.63) is 20.8 Å². The minimum Gasteiger partial charge on any atom is -0.453 e. The van der Waals surface area contributed by atoms with Crippen LogP contribution in [0.15, 0.2) is 5.38 Å². The zero-order valence-corrected chi connectivity index (χ0v) is 14.6. The van der Waals surface area contributed by atoms with E-state index >= 15 is 0 Å². The highest BCUT2D eigenvalue weighted by Gasteiger charge is 2.29. The Morgan fingerprint density at radius 2 is 2.27 bits per heavy atom. The van der Waals surface area contributed by atoms with Gasteiger partial charge < -0.3 is 15.0 Å². The normalized spacial score (nSPS) is 19.6. The Bertz CT molecular complexity index is 561. The third-order valence-electron chi connectivity index (χ3n) is 4.06. The fraction of sp³-hybridized carbons (Fsp3) is 0.600. The molecule has 2 amide bonds. The lowest BCUT2D eigenvalue weighted by molar-refractivity contribution is 0.0854.